The maximum absolute atomic E-state index is 12.2. The Morgan fingerprint density at radius 2 is 2.05 bits per heavy atom. The van der Waals surface area contributed by atoms with Crippen molar-refractivity contribution in [2.45, 2.75) is 19.9 Å². The van der Waals surface area contributed by atoms with Gasteiger partial charge in [-0.2, -0.15) is 5.26 Å². The first-order valence-electron chi connectivity index (χ1n) is 6.17. The Bertz CT molecular complexity index is 638. The van der Waals surface area contributed by atoms with Crippen LogP contribution in [0.1, 0.15) is 24.2 Å². The zero-order valence-electron chi connectivity index (χ0n) is 10.9. The molecule has 2 aromatic rings. The van der Waals surface area contributed by atoms with Gasteiger partial charge in [0.25, 0.3) is 5.91 Å². The summed E-state index contributed by atoms with van der Waals surface area (Å²) in [5, 5.41) is 12.6. The van der Waals surface area contributed by atoms with Crippen molar-refractivity contribution in [3.05, 3.63) is 42.1 Å². The second kappa shape index (κ2) is 5.49. The van der Waals surface area contributed by atoms with Gasteiger partial charge in [-0.25, -0.2) is 0 Å². The number of hydrogen-bond acceptors (Lipinski definition) is 3. The smallest absolute Gasteiger partial charge is 0.253 e. The van der Waals surface area contributed by atoms with E-state index in [9.17, 15) is 4.79 Å². The fraction of sp³-hybridized carbons (Fsp3) is 0.267. The van der Waals surface area contributed by atoms with Crippen LogP contribution in [0.5, 0.6) is 0 Å². The van der Waals surface area contributed by atoms with Gasteiger partial charge in [0.15, 0.2) is 0 Å². The largest absolute Gasteiger partial charge is 0.336 e. The molecule has 19 heavy (non-hydrogen) atoms. The zero-order chi connectivity index (χ0) is 13.8. The lowest BCUT2D eigenvalue weighted by molar-refractivity contribution is 0.0939. The summed E-state index contributed by atoms with van der Waals surface area (Å²) in [6, 6.07) is 10.7. The van der Waals surface area contributed by atoms with E-state index in [2.05, 4.69) is 16.4 Å². The molecule has 1 unspecified atom stereocenters. The quantitative estimate of drug-likeness (QED) is 0.914. The Kier molecular flexibility index (Phi) is 3.76. The molecule has 96 valence electrons. The van der Waals surface area contributed by atoms with E-state index in [0.29, 0.717) is 5.56 Å². The Morgan fingerprint density at radius 3 is 2.74 bits per heavy atom. The molecular formula is C15H15N3O. The van der Waals surface area contributed by atoms with Crippen molar-refractivity contribution in [2.75, 3.05) is 0 Å². The van der Waals surface area contributed by atoms with E-state index < -0.39 is 6.04 Å². The van der Waals surface area contributed by atoms with Gasteiger partial charge < -0.3 is 5.32 Å². The van der Waals surface area contributed by atoms with Crippen LogP contribution in [-0.4, -0.2) is 16.9 Å². The molecule has 0 saturated heterocycles. The number of para-hydroxylation sites is 1. The van der Waals surface area contributed by atoms with Gasteiger partial charge in [0, 0.05) is 11.6 Å². The molecule has 1 aromatic carbocycles. The van der Waals surface area contributed by atoms with Gasteiger partial charge in [0.05, 0.1) is 17.1 Å². The molecule has 1 heterocycles. The van der Waals surface area contributed by atoms with Crippen LogP contribution in [0, 0.1) is 17.2 Å². The lowest BCUT2D eigenvalue weighted by atomic mass is 10.0. The van der Waals surface area contributed by atoms with Gasteiger partial charge >= 0.3 is 0 Å². The fourth-order valence-electron chi connectivity index (χ4n) is 1.86. The molecule has 1 aromatic heterocycles. The summed E-state index contributed by atoms with van der Waals surface area (Å²) < 4.78 is 0. The minimum atomic E-state index is -0.487. The molecule has 1 amide bonds. The Morgan fingerprint density at radius 1 is 1.32 bits per heavy atom. The van der Waals surface area contributed by atoms with Crippen molar-refractivity contribution in [1.82, 2.24) is 10.3 Å². The van der Waals surface area contributed by atoms with E-state index in [1.54, 1.807) is 12.3 Å². The molecule has 2 rings (SSSR count). The number of rotatable bonds is 3. The highest BCUT2D eigenvalue weighted by molar-refractivity contribution is 6.06. The number of carbonyl (C=O) groups is 1. The number of benzene rings is 1. The molecule has 0 bridgehead atoms. The number of nitrogens with one attached hydrogen (secondary N) is 1. The standard InChI is InChI=1S/C15H15N3O/c1-10(2)14(9-16)18-15(19)12-7-8-17-13-6-4-3-5-11(12)13/h3-8,10,14H,1-2H3,(H,18,19). The van der Waals surface area contributed by atoms with Crippen molar-refractivity contribution in [1.29, 1.82) is 5.26 Å². The van der Waals surface area contributed by atoms with Crippen LogP contribution in [0.25, 0.3) is 10.9 Å². The molecule has 1 atom stereocenters. The molecule has 4 nitrogen and oxygen atoms in total. The maximum atomic E-state index is 12.2. The first-order valence-corrected chi connectivity index (χ1v) is 6.17. The minimum absolute atomic E-state index is 0.0713. The summed E-state index contributed by atoms with van der Waals surface area (Å²) in [7, 11) is 0. The lowest BCUT2D eigenvalue weighted by Crippen LogP contribution is -2.37. The van der Waals surface area contributed by atoms with E-state index in [1.807, 2.05) is 38.1 Å². The molecule has 0 radical (unpaired) electrons. The predicted molar refractivity (Wildman–Crippen MR) is 73.4 cm³/mol. The summed E-state index contributed by atoms with van der Waals surface area (Å²) in [5.74, 6) is -0.166. The molecule has 0 aliphatic heterocycles. The molecular weight excluding hydrogens is 238 g/mol. The van der Waals surface area contributed by atoms with E-state index in [4.69, 9.17) is 5.26 Å². The van der Waals surface area contributed by atoms with Crippen LogP contribution in [0.15, 0.2) is 36.5 Å². The van der Waals surface area contributed by atoms with E-state index in [-0.39, 0.29) is 11.8 Å². The number of fused-ring (bicyclic) bond motifs is 1. The third-order valence-electron chi connectivity index (χ3n) is 2.99. The predicted octanol–water partition coefficient (Wildman–Crippen LogP) is 2.51. The monoisotopic (exact) mass is 253 g/mol. The first-order chi connectivity index (χ1) is 9.13. The van der Waals surface area contributed by atoms with E-state index >= 15 is 0 Å². The number of nitriles is 1. The number of hydrogen-bond donors (Lipinski definition) is 1. The van der Waals surface area contributed by atoms with E-state index in [0.717, 1.165) is 10.9 Å². The summed E-state index contributed by atoms with van der Waals surface area (Å²) in [4.78, 5) is 16.5. The normalized spacial score (nSPS) is 12.1. The highest BCUT2D eigenvalue weighted by atomic mass is 16.1. The van der Waals surface area contributed by atoms with Gasteiger partial charge in [-0.15, -0.1) is 0 Å². The van der Waals surface area contributed by atoms with Crippen molar-refractivity contribution >= 4 is 16.8 Å². The summed E-state index contributed by atoms with van der Waals surface area (Å²) >= 11 is 0. The third-order valence-corrected chi connectivity index (χ3v) is 2.99. The average molecular weight is 253 g/mol. The maximum Gasteiger partial charge on any atom is 0.253 e. The molecule has 0 spiro atoms. The van der Waals surface area contributed by atoms with Crippen LogP contribution in [0.3, 0.4) is 0 Å². The Labute approximate surface area is 112 Å². The first kappa shape index (κ1) is 13.0. The summed E-state index contributed by atoms with van der Waals surface area (Å²) in [5.41, 5.74) is 1.32. The van der Waals surface area contributed by atoms with Crippen molar-refractivity contribution in [2.24, 2.45) is 5.92 Å². The fourth-order valence-corrected chi connectivity index (χ4v) is 1.86. The lowest BCUT2D eigenvalue weighted by Gasteiger charge is -2.15. The van der Waals surface area contributed by atoms with Gasteiger partial charge in [0.1, 0.15) is 6.04 Å². The molecule has 0 aliphatic carbocycles. The van der Waals surface area contributed by atoms with Crippen LogP contribution in [-0.2, 0) is 0 Å². The van der Waals surface area contributed by atoms with Crippen LogP contribution in [0.2, 0.25) is 0 Å². The van der Waals surface area contributed by atoms with E-state index in [1.165, 1.54) is 0 Å². The third kappa shape index (κ3) is 2.71. The molecule has 4 heteroatoms. The molecule has 0 aliphatic rings. The molecule has 1 N–H and O–H groups in total. The zero-order valence-corrected chi connectivity index (χ0v) is 10.9. The Balaban J connectivity index is 2.35. The van der Waals surface area contributed by atoms with Crippen molar-refractivity contribution < 1.29 is 4.79 Å². The second-order valence-electron chi connectivity index (χ2n) is 4.70. The number of carbonyl (C=O) groups excluding carboxylic acids is 1. The Hall–Kier alpha value is -2.41. The molecule has 0 saturated carbocycles. The summed E-state index contributed by atoms with van der Waals surface area (Å²) in [6.45, 7) is 3.80. The number of pyridine rings is 1. The minimum Gasteiger partial charge on any atom is -0.336 e. The highest BCUT2D eigenvalue weighted by Gasteiger charge is 2.17. The second-order valence-corrected chi connectivity index (χ2v) is 4.70. The van der Waals surface area contributed by atoms with Crippen molar-refractivity contribution in [3.8, 4) is 6.07 Å². The number of amides is 1. The van der Waals surface area contributed by atoms with Gasteiger partial charge in [0.2, 0.25) is 0 Å². The van der Waals surface area contributed by atoms with Crippen LogP contribution < -0.4 is 5.32 Å². The molecule has 0 fully saturated rings. The van der Waals surface area contributed by atoms with Gasteiger partial charge in [-0.1, -0.05) is 32.0 Å². The SMILES string of the molecule is CC(C)C(C#N)NC(=O)c1ccnc2ccccc12. The van der Waals surface area contributed by atoms with Gasteiger partial charge in [-0.05, 0) is 18.1 Å². The topological polar surface area (TPSA) is 65.8 Å². The average Bonchev–Trinajstić information content (AvgIpc) is 2.43. The summed E-state index contributed by atoms with van der Waals surface area (Å²) in [6.07, 6.45) is 1.61. The van der Waals surface area contributed by atoms with Crippen LogP contribution >= 0.6 is 0 Å². The number of aromatic nitrogens is 1. The number of nitrogens with zero attached hydrogens (tertiary/aromatic N) is 2. The van der Waals surface area contributed by atoms with Crippen LogP contribution in [0.4, 0.5) is 0 Å². The highest BCUT2D eigenvalue weighted by Crippen LogP contribution is 2.16. The van der Waals surface area contributed by atoms with Gasteiger partial charge in [-0.3, -0.25) is 9.78 Å². The van der Waals surface area contributed by atoms with Crippen molar-refractivity contribution in [3.63, 3.8) is 0 Å².